The second-order valence-electron chi connectivity index (χ2n) is 8.97. The summed E-state index contributed by atoms with van der Waals surface area (Å²) < 4.78 is 13.6. The third-order valence-electron chi connectivity index (χ3n) is 6.00. The highest BCUT2D eigenvalue weighted by Crippen LogP contribution is 2.38. The maximum Gasteiger partial charge on any atom is 0.269 e. The van der Waals surface area contributed by atoms with Gasteiger partial charge < -0.3 is 9.80 Å². The van der Waals surface area contributed by atoms with Crippen molar-refractivity contribution in [2.75, 3.05) is 19.6 Å². The first-order chi connectivity index (χ1) is 16.7. The normalized spacial score (nSPS) is 15.1. The number of carbonyl (C=O) groups excluding carboxylic acids is 2. The number of nitro benzene ring substituents is 1. The van der Waals surface area contributed by atoms with Crippen molar-refractivity contribution in [2.45, 2.75) is 26.3 Å². The molecule has 0 fully saturated rings. The third kappa shape index (κ3) is 5.40. The summed E-state index contributed by atoms with van der Waals surface area (Å²) in [4.78, 5) is 41.8. The van der Waals surface area contributed by atoms with Gasteiger partial charge in [-0.25, -0.2) is 4.39 Å². The highest BCUT2D eigenvalue weighted by atomic mass is 32.1. The molecule has 0 aliphatic carbocycles. The number of hydrogen-bond donors (Lipinski definition) is 0. The number of nitro groups is 1. The molecule has 1 aliphatic rings. The molecule has 182 valence electrons. The molecule has 3 aromatic rings. The third-order valence-corrected chi connectivity index (χ3v) is 6.99. The molecular formula is C26H26FN3O4S. The van der Waals surface area contributed by atoms with Crippen molar-refractivity contribution in [1.82, 2.24) is 9.80 Å². The molecule has 7 nitrogen and oxygen atoms in total. The van der Waals surface area contributed by atoms with Crippen LogP contribution in [0.5, 0.6) is 0 Å². The number of carbonyl (C=O) groups is 2. The maximum atomic E-state index is 13.6. The number of nitrogens with zero attached hydrogens (tertiary/aromatic N) is 3. The molecule has 0 bridgehead atoms. The second-order valence-corrected chi connectivity index (χ2v) is 9.97. The summed E-state index contributed by atoms with van der Waals surface area (Å²) in [6.45, 7) is 4.65. The van der Waals surface area contributed by atoms with E-state index >= 15 is 0 Å². The van der Waals surface area contributed by atoms with E-state index in [1.807, 2.05) is 25.3 Å². The van der Waals surface area contributed by atoms with E-state index in [4.69, 9.17) is 0 Å². The Morgan fingerprint density at radius 3 is 2.46 bits per heavy atom. The van der Waals surface area contributed by atoms with E-state index in [-0.39, 0.29) is 47.4 Å². The minimum absolute atomic E-state index is 0.102. The first-order valence-electron chi connectivity index (χ1n) is 11.4. The van der Waals surface area contributed by atoms with Gasteiger partial charge in [0.15, 0.2) is 0 Å². The van der Waals surface area contributed by atoms with Crippen molar-refractivity contribution in [3.63, 3.8) is 0 Å². The molecule has 9 heteroatoms. The monoisotopic (exact) mass is 495 g/mol. The van der Waals surface area contributed by atoms with Gasteiger partial charge in [0.25, 0.3) is 11.6 Å². The predicted molar refractivity (Wildman–Crippen MR) is 132 cm³/mol. The summed E-state index contributed by atoms with van der Waals surface area (Å²) >= 11 is 1.64. The van der Waals surface area contributed by atoms with E-state index in [0.717, 1.165) is 17.5 Å². The highest BCUT2D eigenvalue weighted by Gasteiger charge is 2.34. The largest absolute Gasteiger partial charge is 0.330 e. The van der Waals surface area contributed by atoms with Gasteiger partial charge in [-0.1, -0.05) is 26.0 Å². The lowest BCUT2D eigenvalue weighted by Crippen LogP contribution is -2.47. The molecule has 1 aliphatic heterocycles. The number of thiophene rings is 1. The summed E-state index contributed by atoms with van der Waals surface area (Å²) in [5, 5.41) is 13.0. The molecular weight excluding hydrogens is 469 g/mol. The molecule has 0 N–H and O–H groups in total. The summed E-state index contributed by atoms with van der Waals surface area (Å²) in [5.41, 5.74) is 2.03. The van der Waals surface area contributed by atoms with Crippen molar-refractivity contribution in [3.8, 4) is 0 Å². The fraction of sp³-hybridized carbons (Fsp3) is 0.308. The topological polar surface area (TPSA) is 83.8 Å². The van der Waals surface area contributed by atoms with Gasteiger partial charge in [-0.2, -0.15) is 0 Å². The van der Waals surface area contributed by atoms with Crippen LogP contribution in [-0.2, 0) is 11.2 Å². The van der Waals surface area contributed by atoms with Gasteiger partial charge in [0, 0.05) is 35.7 Å². The van der Waals surface area contributed by atoms with Gasteiger partial charge in [-0.3, -0.25) is 19.7 Å². The van der Waals surface area contributed by atoms with Crippen molar-refractivity contribution in [3.05, 3.63) is 97.5 Å². The molecule has 2 amide bonds. The Kier molecular flexibility index (Phi) is 7.25. The van der Waals surface area contributed by atoms with Crippen LogP contribution < -0.4 is 0 Å². The molecule has 1 unspecified atom stereocenters. The fourth-order valence-electron chi connectivity index (χ4n) is 4.41. The number of non-ortho nitro benzene ring substituents is 1. The quantitative estimate of drug-likeness (QED) is 0.339. The number of amides is 2. The Labute approximate surface area is 206 Å². The van der Waals surface area contributed by atoms with Crippen molar-refractivity contribution >= 4 is 28.8 Å². The van der Waals surface area contributed by atoms with Gasteiger partial charge in [0.1, 0.15) is 12.4 Å². The van der Waals surface area contributed by atoms with Gasteiger partial charge in [0.05, 0.1) is 11.0 Å². The predicted octanol–water partition coefficient (Wildman–Crippen LogP) is 5.07. The van der Waals surface area contributed by atoms with Crippen LogP contribution in [0.25, 0.3) is 0 Å². The summed E-state index contributed by atoms with van der Waals surface area (Å²) in [6, 6.07) is 13.2. The number of benzene rings is 2. The fourth-order valence-corrected chi connectivity index (χ4v) is 5.32. The van der Waals surface area contributed by atoms with Crippen LogP contribution in [0, 0.1) is 21.8 Å². The zero-order valence-corrected chi connectivity index (χ0v) is 20.3. The second kappa shape index (κ2) is 10.4. The van der Waals surface area contributed by atoms with Crippen molar-refractivity contribution in [1.29, 1.82) is 0 Å². The molecule has 35 heavy (non-hydrogen) atoms. The van der Waals surface area contributed by atoms with Gasteiger partial charge in [0.2, 0.25) is 5.91 Å². The lowest BCUT2D eigenvalue weighted by atomic mass is 9.93. The zero-order valence-electron chi connectivity index (χ0n) is 19.5. The van der Waals surface area contributed by atoms with E-state index in [9.17, 15) is 24.1 Å². The number of fused-ring (bicyclic) bond motifs is 1. The lowest BCUT2D eigenvalue weighted by Gasteiger charge is -2.38. The van der Waals surface area contributed by atoms with Gasteiger partial charge in [-0.15, -0.1) is 11.3 Å². The molecule has 0 saturated carbocycles. The SMILES string of the molecule is CC(C)CN(CC(=O)N1CCc2sccc2C1c1ccc(F)cc1)C(=O)c1ccc([N+](=O)[O-])cc1. The maximum absolute atomic E-state index is 13.6. The number of hydrogen-bond acceptors (Lipinski definition) is 5. The Morgan fingerprint density at radius 1 is 1.14 bits per heavy atom. The van der Waals surface area contributed by atoms with E-state index in [2.05, 4.69) is 0 Å². The average Bonchev–Trinajstić information content (AvgIpc) is 3.32. The van der Waals surface area contributed by atoms with E-state index in [1.54, 1.807) is 28.4 Å². The van der Waals surface area contributed by atoms with Crippen LogP contribution in [0.4, 0.5) is 10.1 Å². The molecule has 0 saturated heterocycles. The smallest absolute Gasteiger partial charge is 0.269 e. The van der Waals surface area contributed by atoms with E-state index < -0.39 is 4.92 Å². The van der Waals surface area contributed by atoms with Crippen molar-refractivity contribution < 1.29 is 18.9 Å². The van der Waals surface area contributed by atoms with Crippen LogP contribution >= 0.6 is 11.3 Å². The number of rotatable bonds is 7. The summed E-state index contributed by atoms with van der Waals surface area (Å²) in [7, 11) is 0. The Morgan fingerprint density at radius 2 is 1.83 bits per heavy atom. The van der Waals surface area contributed by atoms with Gasteiger partial charge >= 0.3 is 0 Å². The summed E-state index contributed by atoms with van der Waals surface area (Å²) in [5.74, 6) is -0.784. The zero-order chi connectivity index (χ0) is 25.1. The Hall–Kier alpha value is -3.59. The van der Waals surface area contributed by atoms with Crippen LogP contribution in [0.3, 0.4) is 0 Å². The molecule has 1 atom stereocenters. The Bertz CT molecular complexity index is 1220. The first kappa shape index (κ1) is 24.5. The highest BCUT2D eigenvalue weighted by molar-refractivity contribution is 7.10. The molecule has 4 rings (SSSR count). The minimum atomic E-state index is -0.520. The molecule has 0 spiro atoms. The average molecular weight is 496 g/mol. The van der Waals surface area contributed by atoms with Crippen LogP contribution in [0.1, 0.15) is 46.3 Å². The molecule has 0 radical (unpaired) electrons. The number of halogens is 1. The molecule has 1 aromatic heterocycles. The van der Waals surface area contributed by atoms with Crippen molar-refractivity contribution in [2.24, 2.45) is 5.92 Å². The first-order valence-corrected chi connectivity index (χ1v) is 12.3. The molecule has 2 heterocycles. The van der Waals surface area contributed by atoms with Crippen LogP contribution in [0.2, 0.25) is 0 Å². The van der Waals surface area contributed by atoms with Gasteiger partial charge in [-0.05, 0) is 59.2 Å². The standard InChI is InChI=1S/C26H26FN3O4S/c1-17(2)15-28(26(32)19-5-9-21(10-6-19)30(33)34)16-24(31)29-13-11-23-22(12-14-35-23)25(29)18-3-7-20(27)8-4-18/h3-10,12,14,17,25H,11,13,15-16H2,1-2H3. The summed E-state index contributed by atoms with van der Waals surface area (Å²) in [6.07, 6.45) is 0.719. The van der Waals surface area contributed by atoms with E-state index in [1.165, 1.54) is 46.2 Å². The lowest BCUT2D eigenvalue weighted by molar-refractivity contribution is -0.384. The van der Waals surface area contributed by atoms with Crippen LogP contribution in [-0.4, -0.2) is 46.2 Å². The Balaban J connectivity index is 1.60. The molecule has 2 aromatic carbocycles. The van der Waals surface area contributed by atoms with E-state index in [0.29, 0.717) is 13.1 Å². The minimum Gasteiger partial charge on any atom is -0.330 e. The van der Waals surface area contributed by atoms with Crippen LogP contribution in [0.15, 0.2) is 60.0 Å².